The lowest BCUT2D eigenvalue weighted by Gasteiger charge is -2.04. The van der Waals surface area contributed by atoms with E-state index >= 15 is 0 Å². The van der Waals surface area contributed by atoms with Crippen LogP contribution in [0.25, 0.3) is 11.1 Å². The highest BCUT2D eigenvalue weighted by Crippen LogP contribution is 2.24. The molecule has 0 saturated carbocycles. The number of thiocarbonyl (C=S) groups is 1. The first-order valence-corrected chi connectivity index (χ1v) is 7.92. The second-order valence-electron chi connectivity index (χ2n) is 5.32. The van der Waals surface area contributed by atoms with Gasteiger partial charge in [0.25, 0.3) is 0 Å². The fourth-order valence-corrected chi connectivity index (χ4v) is 2.42. The summed E-state index contributed by atoms with van der Waals surface area (Å²) >= 11 is 4.57. The number of benzene rings is 3. The Labute approximate surface area is 150 Å². The maximum Gasteiger partial charge on any atom is 0.133 e. The van der Waals surface area contributed by atoms with Crippen LogP contribution in [0.4, 0.5) is 15.8 Å². The summed E-state index contributed by atoms with van der Waals surface area (Å²) in [6.45, 7) is 0. The molecule has 0 unspecified atom stereocenters. The second-order valence-corrected chi connectivity index (χ2v) is 5.50. The Morgan fingerprint density at radius 3 is 2.00 bits per heavy atom. The lowest BCUT2D eigenvalue weighted by molar-refractivity contribution is 0.632. The topological polar surface area (TPSA) is 38.4 Å². The van der Waals surface area contributed by atoms with Gasteiger partial charge in [0.15, 0.2) is 0 Å². The number of rotatable bonds is 2. The molecule has 3 aromatic rings. The number of halogens is 1. The van der Waals surface area contributed by atoms with Gasteiger partial charge < -0.3 is 5.73 Å². The monoisotopic (exact) mass is 344 g/mol. The number of hydrogen-bond donors (Lipinski definition) is 1. The molecule has 0 fully saturated rings. The first kappa shape index (κ1) is 16.6. The predicted octanol–water partition coefficient (Wildman–Crippen LogP) is 5.21. The van der Waals surface area contributed by atoms with Crippen molar-refractivity contribution >= 4 is 28.8 Å². The van der Waals surface area contributed by atoms with Crippen LogP contribution in [0, 0.1) is 17.7 Å². The zero-order chi connectivity index (χ0) is 17.6. The van der Waals surface area contributed by atoms with E-state index in [-0.39, 0.29) is 5.82 Å². The first-order chi connectivity index (χ1) is 12.2. The fourth-order valence-electron chi connectivity index (χ4n) is 2.31. The molecule has 3 rings (SSSR count). The Morgan fingerprint density at radius 2 is 1.44 bits per heavy atom. The molecule has 0 aliphatic heterocycles. The van der Waals surface area contributed by atoms with Crippen LogP contribution in [-0.4, -0.2) is 5.16 Å². The van der Waals surface area contributed by atoms with E-state index in [0.29, 0.717) is 11.3 Å². The highest BCUT2D eigenvalue weighted by Gasteiger charge is 2.04. The summed E-state index contributed by atoms with van der Waals surface area (Å²) in [5.74, 6) is 5.83. The molecule has 0 aliphatic carbocycles. The van der Waals surface area contributed by atoms with Crippen molar-refractivity contribution in [1.29, 1.82) is 0 Å². The molecule has 0 bridgehead atoms. The summed E-state index contributed by atoms with van der Waals surface area (Å²) in [6, 6.07) is 19.5. The average molecular weight is 344 g/mol. The largest absolute Gasteiger partial charge is 0.399 e. The van der Waals surface area contributed by atoms with Gasteiger partial charge in [0.2, 0.25) is 0 Å². The molecular weight excluding hydrogens is 331 g/mol. The van der Waals surface area contributed by atoms with Gasteiger partial charge in [0, 0.05) is 22.4 Å². The van der Waals surface area contributed by atoms with Gasteiger partial charge in [-0.2, -0.15) is 4.99 Å². The summed E-state index contributed by atoms with van der Waals surface area (Å²) in [5.41, 5.74) is 9.75. The molecule has 120 valence electrons. The zero-order valence-corrected chi connectivity index (χ0v) is 14.0. The standard InChI is InChI=1S/C21H13FN2S/c22-21-13-18(23)9-12-20(21)17-7-3-15(4-8-17)1-2-16-5-10-19(11-6-16)24-14-25/h3-13H,23H2. The van der Waals surface area contributed by atoms with Crippen LogP contribution in [0.2, 0.25) is 0 Å². The van der Waals surface area contributed by atoms with Gasteiger partial charge in [0.05, 0.1) is 10.8 Å². The summed E-state index contributed by atoms with van der Waals surface area (Å²) in [4.78, 5) is 3.90. The SMILES string of the molecule is Nc1ccc(-c2ccc(C#Cc3ccc(N=C=S)cc3)cc2)c(F)c1. The Morgan fingerprint density at radius 1 is 0.840 bits per heavy atom. The number of nitrogen functional groups attached to an aromatic ring is 1. The molecule has 0 atom stereocenters. The van der Waals surface area contributed by atoms with Gasteiger partial charge in [-0.05, 0) is 72.4 Å². The number of nitrogens with zero attached hydrogens (tertiary/aromatic N) is 1. The highest BCUT2D eigenvalue weighted by atomic mass is 32.1. The van der Waals surface area contributed by atoms with E-state index in [9.17, 15) is 4.39 Å². The summed E-state index contributed by atoms with van der Waals surface area (Å²) in [7, 11) is 0. The van der Waals surface area contributed by atoms with E-state index in [1.165, 1.54) is 6.07 Å². The number of anilines is 1. The number of nitrogens with two attached hydrogens (primary N) is 1. The zero-order valence-electron chi connectivity index (χ0n) is 13.2. The number of hydrogen-bond acceptors (Lipinski definition) is 3. The van der Waals surface area contributed by atoms with Crippen molar-refractivity contribution < 1.29 is 4.39 Å². The number of isothiocyanates is 1. The normalized spacial score (nSPS) is 9.64. The minimum Gasteiger partial charge on any atom is -0.399 e. The van der Waals surface area contributed by atoms with Crippen molar-refractivity contribution in [2.45, 2.75) is 0 Å². The molecule has 0 radical (unpaired) electrons. The van der Waals surface area contributed by atoms with E-state index in [2.05, 4.69) is 34.2 Å². The number of aliphatic imine (C=N–C) groups is 1. The lowest BCUT2D eigenvalue weighted by Crippen LogP contribution is -1.89. The molecule has 2 nitrogen and oxygen atoms in total. The molecule has 0 aromatic heterocycles. The van der Waals surface area contributed by atoms with Crippen LogP contribution >= 0.6 is 12.2 Å². The van der Waals surface area contributed by atoms with Gasteiger partial charge in [-0.3, -0.25) is 0 Å². The third-order valence-electron chi connectivity index (χ3n) is 3.58. The lowest BCUT2D eigenvalue weighted by atomic mass is 10.0. The van der Waals surface area contributed by atoms with Crippen molar-refractivity contribution in [3.8, 4) is 23.0 Å². The summed E-state index contributed by atoms with van der Waals surface area (Å²) < 4.78 is 14.0. The fraction of sp³-hybridized carbons (Fsp3) is 0. The van der Waals surface area contributed by atoms with Crippen LogP contribution in [-0.2, 0) is 0 Å². The summed E-state index contributed by atoms with van der Waals surface area (Å²) in [5, 5.41) is 2.33. The molecule has 0 saturated heterocycles. The molecule has 0 spiro atoms. The third-order valence-corrected chi connectivity index (χ3v) is 3.67. The molecule has 25 heavy (non-hydrogen) atoms. The van der Waals surface area contributed by atoms with Crippen molar-refractivity contribution in [2.24, 2.45) is 4.99 Å². The molecule has 0 heterocycles. The second kappa shape index (κ2) is 7.55. The minimum atomic E-state index is -0.335. The molecule has 3 aromatic carbocycles. The van der Waals surface area contributed by atoms with Crippen LogP contribution in [0.5, 0.6) is 0 Å². The van der Waals surface area contributed by atoms with Crippen LogP contribution < -0.4 is 5.73 Å². The smallest absolute Gasteiger partial charge is 0.133 e. The highest BCUT2D eigenvalue weighted by molar-refractivity contribution is 7.78. The molecule has 4 heteroatoms. The predicted molar refractivity (Wildman–Crippen MR) is 103 cm³/mol. The Bertz CT molecular complexity index is 1010. The average Bonchev–Trinajstić information content (AvgIpc) is 2.62. The van der Waals surface area contributed by atoms with E-state index in [1.807, 2.05) is 48.5 Å². The van der Waals surface area contributed by atoms with Crippen molar-refractivity contribution in [3.05, 3.63) is 83.7 Å². The first-order valence-electron chi connectivity index (χ1n) is 7.51. The Kier molecular flexibility index (Phi) is 5.01. The van der Waals surface area contributed by atoms with Gasteiger partial charge in [-0.25, -0.2) is 4.39 Å². The third kappa shape index (κ3) is 4.19. The van der Waals surface area contributed by atoms with Gasteiger partial charge in [-0.15, -0.1) is 0 Å². The van der Waals surface area contributed by atoms with Gasteiger partial charge >= 0.3 is 0 Å². The molecule has 2 N–H and O–H groups in total. The molecular formula is C21H13FN2S. The van der Waals surface area contributed by atoms with Crippen LogP contribution in [0.1, 0.15) is 11.1 Å². The Balaban J connectivity index is 1.80. The van der Waals surface area contributed by atoms with E-state index in [4.69, 9.17) is 5.73 Å². The van der Waals surface area contributed by atoms with Crippen molar-refractivity contribution in [2.75, 3.05) is 5.73 Å². The molecule has 0 aliphatic rings. The van der Waals surface area contributed by atoms with Crippen LogP contribution in [0.3, 0.4) is 0 Å². The van der Waals surface area contributed by atoms with Crippen molar-refractivity contribution in [1.82, 2.24) is 0 Å². The summed E-state index contributed by atoms with van der Waals surface area (Å²) in [6.07, 6.45) is 0. The quantitative estimate of drug-likeness (QED) is 0.300. The van der Waals surface area contributed by atoms with E-state index < -0.39 is 0 Å². The molecule has 0 amide bonds. The maximum absolute atomic E-state index is 14.0. The van der Waals surface area contributed by atoms with Gasteiger partial charge in [0.1, 0.15) is 5.82 Å². The van der Waals surface area contributed by atoms with Crippen LogP contribution in [0.15, 0.2) is 71.7 Å². The minimum absolute atomic E-state index is 0.335. The Hall–Kier alpha value is -3.25. The maximum atomic E-state index is 14.0. The van der Waals surface area contributed by atoms with E-state index in [1.54, 1.807) is 12.1 Å². The van der Waals surface area contributed by atoms with Crippen molar-refractivity contribution in [3.63, 3.8) is 0 Å². The van der Waals surface area contributed by atoms with Gasteiger partial charge in [-0.1, -0.05) is 24.0 Å². The van der Waals surface area contributed by atoms with E-state index in [0.717, 1.165) is 22.4 Å².